The molecular formula is C24H28N4O2. The lowest BCUT2D eigenvalue weighted by Gasteiger charge is -2.32. The Morgan fingerprint density at radius 3 is 2.77 bits per heavy atom. The highest BCUT2D eigenvalue weighted by molar-refractivity contribution is 5.98. The van der Waals surface area contributed by atoms with Crippen molar-refractivity contribution in [3.63, 3.8) is 0 Å². The first-order valence-electron chi connectivity index (χ1n) is 10.6. The van der Waals surface area contributed by atoms with Crippen LogP contribution in [0.5, 0.6) is 0 Å². The molecule has 0 bridgehead atoms. The molecule has 3 aromatic rings. The third kappa shape index (κ3) is 4.67. The van der Waals surface area contributed by atoms with E-state index >= 15 is 0 Å². The summed E-state index contributed by atoms with van der Waals surface area (Å²) < 4.78 is 0. The van der Waals surface area contributed by atoms with Crippen LogP contribution < -0.4 is 10.7 Å². The SMILES string of the molecule is O=C(Nc1cnc2ccccc2c1)[C@]1(O)CCCN1NCCCCc1ccccc1. The summed E-state index contributed by atoms with van der Waals surface area (Å²) in [6, 6.07) is 20.0. The standard InChI is InChI=1S/C24H28N4O2/c29-23(27-21-17-20-12-4-5-13-22(20)25-18-21)24(30)14-8-16-28(24)26-15-7-6-11-19-9-2-1-3-10-19/h1-5,9-10,12-13,17-18,26,30H,6-8,11,14-16H2,(H,27,29)/t24-/m1/s1. The van der Waals surface area contributed by atoms with Crippen LogP contribution in [0.4, 0.5) is 5.69 Å². The monoisotopic (exact) mass is 404 g/mol. The maximum atomic E-state index is 12.9. The van der Waals surface area contributed by atoms with Gasteiger partial charge in [-0.15, -0.1) is 0 Å². The van der Waals surface area contributed by atoms with Crippen molar-refractivity contribution in [2.45, 2.75) is 37.8 Å². The predicted octanol–water partition coefficient (Wildman–Crippen LogP) is 3.49. The zero-order valence-corrected chi connectivity index (χ0v) is 17.1. The van der Waals surface area contributed by atoms with Crippen molar-refractivity contribution in [1.82, 2.24) is 15.4 Å². The van der Waals surface area contributed by atoms with Gasteiger partial charge in [0.05, 0.1) is 17.4 Å². The van der Waals surface area contributed by atoms with Gasteiger partial charge in [-0.2, -0.15) is 0 Å². The largest absolute Gasteiger partial charge is 0.366 e. The van der Waals surface area contributed by atoms with Crippen molar-refractivity contribution >= 4 is 22.5 Å². The first-order chi connectivity index (χ1) is 14.6. The van der Waals surface area contributed by atoms with Gasteiger partial charge in [-0.05, 0) is 43.4 Å². The number of pyridine rings is 1. The van der Waals surface area contributed by atoms with Gasteiger partial charge in [-0.1, -0.05) is 48.5 Å². The lowest BCUT2D eigenvalue weighted by atomic mass is 10.1. The number of unbranched alkanes of at least 4 members (excludes halogenated alkanes) is 1. The van der Waals surface area contributed by atoms with Crippen LogP contribution in [-0.2, 0) is 11.2 Å². The second-order valence-corrected chi connectivity index (χ2v) is 7.79. The molecule has 1 atom stereocenters. The third-order valence-corrected chi connectivity index (χ3v) is 5.60. The van der Waals surface area contributed by atoms with Crippen molar-refractivity contribution in [2.24, 2.45) is 0 Å². The van der Waals surface area contributed by atoms with Gasteiger partial charge < -0.3 is 10.4 Å². The maximum absolute atomic E-state index is 12.9. The number of aliphatic hydroxyl groups is 1. The number of amides is 1. The quantitative estimate of drug-likeness (QED) is 0.501. The van der Waals surface area contributed by atoms with Crippen LogP contribution in [0.15, 0.2) is 66.9 Å². The minimum atomic E-state index is -1.55. The Bertz CT molecular complexity index is 995. The zero-order chi connectivity index (χ0) is 20.8. The van der Waals surface area contributed by atoms with Crippen LogP contribution in [0.25, 0.3) is 10.9 Å². The van der Waals surface area contributed by atoms with Crippen molar-refractivity contribution in [2.75, 3.05) is 18.4 Å². The van der Waals surface area contributed by atoms with E-state index in [-0.39, 0.29) is 0 Å². The van der Waals surface area contributed by atoms with E-state index in [0.29, 0.717) is 18.7 Å². The lowest BCUT2D eigenvalue weighted by Crippen LogP contribution is -2.58. The summed E-state index contributed by atoms with van der Waals surface area (Å²) in [6.07, 6.45) is 5.84. The van der Waals surface area contributed by atoms with E-state index in [1.165, 1.54) is 5.56 Å². The molecule has 2 aromatic carbocycles. The third-order valence-electron chi connectivity index (χ3n) is 5.60. The number of carbonyl (C=O) groups excluding carboxylic acids is 1. The van der Waals surface area contributed by atoms with Gasteiger partial charge in [0, 0.05) is 24.9 Å². The number of anilines is 1. The van der Waals surface area contributed by atoms with Gasteiger partial charge in [-0.25, -0.2) is 5.01 Å². The Hall–Kier alpha value is -2.80. The van der Waals surface area contributed by atoms with Crippen molar-refractivity contribution in [3.05, 3.63) is 72.4 Å². The molecule has 1 saturated heterocycles. The Kier molecular flexibility index (Phi) is 6.38. The number of hydrazine groups is 1. The summed E-state index contributed by atoms with van der Waals surface area (Å²) in [5, 5.41) is 16.5. The number of hydrogen-bond donors (Lipinski definition) is 3. The van der Waals surface area contributed by atoms with Crippen LogP contribution in [0.1, 0.15) is 31.2 Å². The van der Waals surface area contributed by atoms with Gasteiger partial charge in [0.2, 0.25) is 5.72 Å². The molecule has 1 fully saturated rings. The number of carbonyl (C=O) groups is 1. The number of rotatable bonds is 8. The van der Waals surface area contributed by atoms with Gasteiger partial charge in [0.15, 0.2) is 0 Å². The number of aromatic nitrogens is 1. The van der Waals surface area contributed by atoms with Crippen LogP contribution >= 0.6 is 0 Å². The molecule has 1 aliphatic rings. The van der Waals surface area contributed by atoms with E-state index in [1.54, 1.807) is 11.2 Å². The Labute approximate surface area is 176 Å². The van der Waals surface area contributed by atoms with E-state index in [4.69, 9.17) is 0 Å². The average molecular weight is 405 g/mol. The van der Waals surface area contributed by atoms with E-state index in [9.17, 15) is 9.90 Å². The lowest BCUT2D eigenvalue weighted by molar-refractivity contribution is -0.157. The number of hydrogen-bond acceptors (Lipinski definition) is 5. The number of para-hydroxylation sites is 1. The molecule has 3 N–H and O–H groups in total. The summed E-state index contributed by atoms with van der Waals surface area (Å²) in [5.41, 5.74) is 4.50. The molecule has 1 aromatic heterocycles. The molecule has 4 rings (SSSR count). The number of benzene rings is 2. The number of nitrogens with one attached hydrogen (secondary N) is 2. The van der Waals surface area contributed by atoms with Crippen molar-refractivity contribution in [3.8, 4) is 0 Å². The molecule has 1 amide bonds. The van der Waals surface area contributed by atoms with E-state index < -0.39 is 11.6 Å². The minimum Gasteiger partial charge on any atom is -0.366 e. The summed E-state index contributed by atoms with van der Waals surface area (Å²) >= 11 is 0. The normalized spacial score (nSPS) is 19.2. The number of aryl methyl sites for hydroxylation is 1. The maximum Gasteiger partial charge on any atom is 0.273 e. The summed E-state index contributed by atoms with van der Waals surface area (Å²) in [6.45, 7) is 1.36. The number of fused-ring (bicyclic) bond motifs is 1. The molecule has 30 heavy (non-hydrogen) atoms. The second-order valence-electron chi connectivity index (χ2n) is 7.79. The van der Waals surface area contributed by atoms with Crippen molar-refractivity contribution < 1.29 is 9.90 Å². The fourth-order valence-electron chi connectivity index (χ4n) is 3.93. The minimum absolute atomic E-state index is 0.400. The van der Waals surface area contributed by atoms with E-state index in [1.807, 2.05) is 36.4 Å². The molecule has 2 heterocycles. The van der Waals surface area contributed by atoms with Gasteiger partial charge in [0.25, 0.3) is 5.91 Å². The highest BCUT2D eigenvalue weighted by Crippen LogP contribution is 2.27. The smallest absolute Gasteiger partial charge is 0.273 e. The molecule has 6 nitrogen and oxygen atoms in total. The van der Waals surface area contributed by atoms with Crippen LogP contribution in [0, 0.1) is 0 Å². The molecule has 0 spiro atoms. The summed E-state index contributed by atoms with van der Waals surface area (Å²) in [4.78, 5) is 17.3. The Balaban J connectivity index is 1.30. The van der Waals surface area contributed by atoms with E-state index in [0.717, 1.165) is 43.1 Å². The zero-order valence-electron chi connectivity index (χ0n) is 17.1. The first-order valence-corrected chi connectivity index (χ1v) is 10.6. The molecule has 156 valence electrons. The molecule has 0 saturated carbocycles. The molecular weight excluding hydrogens is 376 g/mol. The Morgan fingerprint density at radius 1 is 1.10 bits per heavy atom. The van der Waals surface area contributed by atoms with Crippen LogP contribution in [0.2, 0.25) is 0 Å². The fraction of sp³-hybridized carbons (Fsp3) is 0.333. The molecule has 0 unspecified atom stereocenters. The fourth-order valence-corrected chi connectivity index (χ4v) is 3.93. The second kappa shape index (κ2) is 9.34. The molecule has 0 aliphatic carbocycles. The highest BCUT2D eigenvalue weighted by Gasteiger charge is 2.46. The Morgan fingerprint density at radius 2 is 1.90 bits per heavy atom. The molecule has 6 heteroatoms. The van der Waals surface area contributed by atoms with Gasteiger partial charge >= 0.3 is 0 Å². The van der Waals surface area contributed by atoms with Crippen molar-refractivity contribution in [1.29, 1.82) is 0 Å². The molecule has 0 radical (unpaired) electrons. The average Bonchev–Trinajstić information content (AvgIpc) is 3.16. The van der Waals surface area contributed by atoms with E-state index in [2.05, 4.69) is 40.0 Å². The molecule has 1 aliphatic heterocycles. The highest BCUT2D eigenvalue weighted by atomic mass is 16.3. The first kappa shape index (κ1) is 20.5. The topological polar surface area (TPSA) is 77.5 Å². The van der Waals surface area contributed by atoms with Crippen LogP contribution in [-0.4, -0.2) is 39.8 Å². The van der Waals surface area contributed by atoms with Gasteiger partial charge in [0.1, 0.15) is 0 Å². The summed E-state index contributed by atoms with van der Waals surface area (Å²) in [7, 11) is 0. The predicted molar refractivity (Wildman–Crippen MR) is 119 cm³/mol. The summed E-state index contributed by atoms with van der Waals surface area (Å²) in [5.74, 6) is -0.422. The number of nitrogens with zero attached hydrogens (tertiary/aromatic N) is 2. The van der Waals surface area contributed by atoms with Crippen LogP contribution in [0.3, 0.4) is 0 Å². The van der Waals surface area contributed by atoms with Gasteiger partial charge in [-0.3, -0.25) is 15.2 Å².